The van der Waals surface area contributed by atoms with Crippen molar-refractivity contribution in [3.8, 4) is 5.75 Å². The molecule has 1 aliphatic carbocycles. The van der Waals surface area contributed by atoms with Gasteiger partial charge in [0.2, 0.25) is 0 Å². The smallest absolute Gasteiger partial charge is 0.251 e. The van der Waals surface area contributed by atoms with Gasteiger partial charge in [-0.05, 0) is 48.7 Å². The van der Waals surface area contributed by atoms with Gasteiger partial charge >= 0.3 is 0 Å². The molecule has 0 heterocycles. The molecular formula is C21H22ClNO2. The third kappa shape index (κ3) is 4.64. The molecule has 3 nitrogen and oxygen atoms in total. The van der Waals surface area contributed by atoms with E-state index in [1.54, 1.807) is 7.11 Å². The number of hydrogen-bond acceptors (Lipinski definition) is 2. The number of rotatable bonds is 5. The van der Waals surface area contributed by atoms with Crippen molar-refractivity contribution in [2.75, 3.05) is 7.11 Å². The molecule has 0 saturated heterocycles. The van der Waals surface area contributed by atoms with Gasteiger partial charge in [0.25, 0.3) is 5.91 Å². The molecule has 4 heteroatoms. The fourth-order valence-electron chi connectivity index (χ4n) is 3.10. The van der Waals surface area contributed by atoms with Gasteiger partial charge in [-0.15, -0.1) is 0 Å². The Morgan fingerprint density at radius 1 is 1.12 bits per heavy atom. The van der Waals surface area contributed by atoms with Crippen molar-refractivity contribution < 1.29 is 9.53 Å². The van der Waals surface area contributed by atoms with Crippen LogP contribution in [0.25, 0.3) is 12.2 Å². The summed E-state index contributed by atoms with van der Waals surface area (Å²) in [4.78, 5) is 12.5. The van der Waals surface area contributed by atoms with Crippen molar-refractivity contribution in [3.63, 3.8) is 0 Å². The maximum atomic E-state index is 12.5. The first-order chi connectivity index (χ1) is 12.2. The summed E-state index contributed by atoms with van der Waals surface area (Å²) >= 11 is 5.91. The molecule has 1 saturated carbocycles. The molecule has 0 atom stereocenters. The lowest BCUT2D eigenvalue weighted by Crippen LogP contribution is -2.32. The molecule has 2 aromatic carbocycles. The maximum Gasteiger partial charge on any atom is 0.251 e. The highest BCUT2D eigenvalue weighted by molar-refractivity contribution is 6.30. The van der Waals surface area contributed by atoms with Gasteiger partial charge < -0.3 is 10.1 Å². The fourth-order valence-corrected chi connectivity index (χ4v) is 3.23. The lowest BCUT2D eigenvalue weighted by Gasteiger charge is -2.13. The quantitative estimate of drug-likeness (QED) is 0.749. The Bertz CT molecular complexity index is 762. The van der Waals surface area contributed by atoms with E-state index in [4.69, 9.17) is 16.3 Å². The third-order valence-electron chi connectivity index (χ3n) is 4.51. The Balaban J connectivity index is 1.79. The summed E-state index contributed by atoms with van der Waals surface area (Å²) in [6, 6.07) is 13.4. The number of carbonyl (C=O) groups is 1. The second-order valence-corrected chi connectivity index (χ2v) is 6.73. The van der Waals surface area contributed by atoms with Gasteiger partial charge in [0.05, 0.1) is 7.11 Å². The first-order valence-electron chi connectivity index (χ1n) is 8.58. The minimum absolute atomic E-state index is 0.0179. The van der Waals surface area contributed by atoms with Crippen molar-refractivity contribution in [1.29, 1.82) is 0 Å². The van der Waals surface area contributed by atoms with E-state index in [1.807, 2.05) is 54.6 Å². The van der Waals surface area contributed by atoms with E-state index in [0.29, 0.717) is 16.6 Å². The zero-order valence-electron chi connectivity index (χ0n) is 14.3. The Hall–Kier alpha value is -2.26. The molecule has 1 N–H and O–H groups in total. The molecular weight excluding hydrogens is 334 g/mol. The fraction of sp³-hybridized carbons (Fsp3) is 0.286. The number of methoxy groups -OCH3 is 1. The molecule has 2 aromatic rings. The molecule has 0 bridgehead atoms. The van der Waals surface area contributed by atoms with Crippen molar-refractivity contribution >= 4 is 29.7 Å². The van der Waals surface area contributed by atoms with Crippen molar-refractivity contribution in [2.45, 2.75) is 31.7 Å². The van der Waals surface area contributed by atoms with Crippen molar-refractivity contribution in [3.05, 3.63) is 64.2 Å². The molecule has 0 unspecified atom stereocenters. The van der Waals surface area contributed by atoms with Crippen LogP contribution in [-0.2, 0) is 0 Å². The molecule has 0 aromatic heterocycles. The van der Waals surface area contributed by atoms with E-state index in [0.717, 1.165) is 29.7 Å². The molecule has 130 valence electrons. The van der Waals surface area contributed by atoms with Crippen LogP contribution in [0.1, 0.15) is 47.2 Å². The van der Waals surface area contributed by atoms with Gasteiger partial charge in [-0.25, -0.2) is 0 Å². The zero-order chi connectivity index (χ0) is 17.6. The van der Waals surface area contributed by atoms with Crippen LogP contribution in [0, 0.1) is 0 Å². The molecule has 25 heavy (non-hydrogen) atoms. The van der Waals surface area contributed by atoms with Gasteiger partial charge in [-0.2, -0.15) is 0 Å². The summed E-state index contributed by atoms with van der Waals surface area (Å²) in [5, 5.41) is 3.83. The Labute approximate surface area is 153 Å². The molecule has 1 amide bonds. The predicted molar refractivity (Wildman–Crippen MR) is 103 cm³/mol. The number of halogens is 1. The van der Waals surface area contributed by atoms with E-state index in [2.05, 4.69) is 5.32 Å². The number of amides is 1. The highest BCUT2D eigenvalue weighted by Gasteiger charge is 2.18. The first kappa shape index (κ1) is 17.6. The Morgan fingerprint density at radius 3 is 2.52 bits per heavy atom. The third-order valence-corrected chi connectivity index (χ3v) is 4.76. The van der Waals surface area contributed by atoms with Crippen molar-refractivity contribution in [2.24, 2.45) is 0 Å². The molecule has 3 rings (SSSR count). The largest absolute Gasteiger partial charge is 0.496 e. The van der Waals surface area contributed by atoms with Gasteiger partial charge in [0.15, 0.2) is 0 Å². The van der Waals surface area contributed by atoms with Crippen LogP contribution in [0.4, 0.5) is 0 Å². The van der Waals surface area contributed by atoms with Crippen LogP contribution < -0.4 is 10.1 Å². The van der Waals surface area contributed by atoms with E-state index >= 15 is 0 Å². The van der Waals surface area contributed by atoms with Crippen molar-refractivity contribution in [1.82, 2.24) is 5.32 Å². The average Bonchev–Trinajstić information content (AvgIpc) is 3.14. The van der Waals surface area contributed by atoms with Crippen LogP contribution in [0.5, 0.6) is 5.75 Å². The van der Waals surface area contributed by atoms with Crippen LogP contribution in [0.15, 0.2) is 42.5 Å². The van der Waals surface area contributed by atoms with Gasteiger partial charge in [-0.1, -0.05) is 48.7 Å². The number of hydrogen-bond donors (Lipinski definition) is 1. The van der Waals surface area contributed by atoms with E-state index < -0.39 is 0 Å². The number of ether oxygens (including phenoxy) is 1. The van der Waals surface area contributed by atoms with E-state index in [9.17, 15) is 4.79 Å². The molecule has 0 aliphatic heterocycles. The SMILES string of the molecule is COc1ccc(C(=O)NC2CCCC2)cc1C=Cc1ccc(Cl)cc1. The Morgan fingerprint density at radius 2 is 1.84 bits per heavy atom. The summed E-state index contributed by atoms with van der Waals surface area (Å²) in [6.45, 7) is 0. The van der Waals surface area contributed by atoms with Crippen LogP contribution >= 0.6 is 11.6 Å². The summed E-state index contributed by atoms with van der Waals surface area (Å²) in [6.07, 6.45) is 8.48. The molecule has 1 fully saturated rings. The van der Waals surface area contributed by atoms with Crippen LogP contribution in [0.2, 0.25) is 5.02 Å². The normalized spacial score (nSPS) is 14.8. The number of benzene rings is 2. The lowest BCUT2D eigenvalue weighted by molar-refractivity contribution is 0.0938. The van der Waals surface area contributed by atoms with E-state index in [-0.39, 0.29) is 5.91 Å². The first-order valence-corrected chi connectivity index (χ1v) is 8.96. The Kier molecular flexibility index (Phi) is 5.77. The second-order valence-electron chi connectivity index (χ2n) is 6.30. The minimum atomic E-state index is -0.0179. The van der Waals surface area contributed by atoms with Crippen LogP contribution in [-0.4, -0.2) is 19.1 Å². The monoisotopic (exact) mass is 355 g/mol. The molecule has 0 radical (unpaired) electrons. The molecule has 1 aliphatic rings. The van der Waals surface area contributed by atoms with Gasteiger partial charge in [-0.3, -0.25) is 4.79 Å². The second kappa shape index (κ2) is 8.21. The lowest BCUT2D eigenvalue weighted by atomic mass is 10.1. The number of nitrogens with one attached hydrogen (secondary N) is 1. The minimum Gasteiger partial charge on any atom is -0.496 e. The standard InChI is InChI=1S/C21H22ClNO2/c1-25-20-13-10-17(21(24)23-19-4-2-3-5-19)14-16(20)9-6-15-7-11-18(22)12-8-15/h6-14,19H,2-5H2,1H3,(H,23,24). The number of carbonyl (C=O) groups excluding carboxylic acids is 1. The maximum absolute atomic E-state index is 12.5. The summed E-state index contributed by atoms with van der Waals surface area (Å²) < 4.78 is 5.42. The van der Waals surface area contributed by atoms with Crippen LogP contribution in [0.3, 0.4) is 0 Å². The summed E-state index contributed by atoms with van der Waals surface area (Å²) in [7, 11) is 1.63. The van der Waals surface area contributed by atoms with Gasteiger partial charge in [0.1, 0.15) is 5.75 Å². The highest BCUT2D eigenvalue weighted by Crippen LogP contribution is 2.24. The zero-order valence-corrected chi connectivity index (χ0v) is 15.1. The predicted octanol–water partition coefficient (Wildman–Crippen LogP) is 5.19. The van der Waals surface area contributed by atoms with E-state index in [1.165, 1.54) is 12.8 Å². The average molecular weight is 356 g/mol. The van der Waals surface area contributed by atoms with Gasteiger partial charge in [0, 0.05) is 22.2 Å². The summed E-state index contributed by atoms with van der Waals surface area (Å²) in [5.41, 5.74) is 2.56. The highest BCUT2D eigenvalue weighted by atomic mass is 35.5. The summed E-state index contributed by atoms with van der Waals surface area (Å²) in [5.74, 6) is 0.721. The molecule has 0 spiro atoms. The topological polar surface area (TPSA) is 38.3 Å².